The molecule has 50 valence electrons. The summed E-state index contributed by atoms with van der Waals surface area (Å²) in [6.45, 7) is 3.61. The molecule has 0 saturated heterocycles. The van der Waals surface area contributed by atoms with Crippen molar-refractivity contribution in [2.24, 2.45) is 9.98 Å². The molecule has 0 aliphatic carbocycles. The van der Waals surface area contributed by atoms with Crippen molar-refractivity contribution in [3.05, 3.63) is 10.3 Å². The summed E-state index contributed by atoms with van der Waals surface area (Å²) in [5.41, 5.74) is 0. The van der Waals surface area contributed by atoms with Crippen molar-refractivity contribution in [2.75, 3.05) is 7.05 Å². The van der Waals surface area contributed by atoms with Crippen LogP contribution in [0.4, 0.5) is 0 Å². The van der Waals surface area contributed by atoms with E-state index in [-0.39, 0.29) is 0 Å². The largest absolute Gasteiger partial charge is 0.294 e. The topological polar surface area (TPSA) is 24.7 Å². The van der Waals surface area contributed by atoms with E-state index in [2.05, 4.69) is 39.2 Å². The minimum absolute atomic E-state index is 0.775. The Bertz CT molecular complexity index is 160. The maximum Gasteiger partial charge on any atom is 0.120 e. The van der Waals surface area contributed by atoms with Gasteiger partial charge < -0.3 is 0 Å². The highest BCUT2D eigenvalue weighted by atomic mass is 127. The van der Waals surface area contributed by atoms with Crippen molar-refractivity contribution in [1.82, 2.24) is 0 Å². The van der Waals surface area contributed by atoms with Crippen molar-refractivity contribution in [2.45, 2.75) is 0 Å². The van der Waals surface area contributed by atoms with Crippen molar-refractivity contribution in [3.8, 4) is 0 Å². The third-order valence-corrected chi connectivity index (χ3v) is 1.22. The second kappa shape index (κ2) is 5.33. The van der Waals surface area contributed by atoms with E-state index in [1.165, 1.54) is 0 Å². The lowest BCUT2D eigenvalue weighted by atomic mass is 10.8. The highest BCUT2D eigenvalue weighted by Gasteiger charge is 1.84. The van der Waals surface area contributed by atoms with Crippen LogP contribution >= 0.6 is 45.2 Å². The summed E-state index contributed by atoms with van der Waals surface area (Å²) in [5, 5.41) is 0. The molecular weight excluding hydrogens is 342 g/mol. The Morgan fingerprint density at radius 1 is 1.56 bits per heavy atom. The highest BCUT2D eigenvalue weighted by molar-refractivity contribution is 14.1. The number of hydrogen-bond donors (Lipinski definition) is 0. The molecule has 0 N–H and O–H groups in total. The number of hydrogen-bond acceptors (Lipinski definition) is 2. The molecule has 0 aromatic heterocycles. The Balaban J connectivity index is 4.00. The third-order valence-electron chi connectivity index (χ3n) is 0.464. The van der Waals surface area contributed by atoms with Gasteiger partial charge >= 0.3 is 0 Å². The average molecular weight is 348 g/mol. The van der Waals surface area contributed by atoms with Crippen LogP contribution < -0.4 is 0 Å². The van der Waals surface area contributed by atoms with Crippen LogP contribution in [0.2, 0.25) is 0 Å². The van der Waals surface area contributed by atoms with Gasteiger partial charge in [-0.05, 0) is 45.2 Å². The molecule has 0 atom stereocenters. The minimum atomic E-state index is 0.775. The lowest BCUT2D eigenvalue weighted by Gasteiger charge is -1.84. The molecule has 0 aromatic rings. The van der Waals surface area contributed by atoms with E-state index in [9.17, 15) is 0 Å². The van der Waals surface area contributed by atoms with Gasteiger partial charge in [-0.2, -0.15) is 0 Å². The van der Waals surface area contributed by atoms with Gasteiger partial charge in [0.1, 0.15) is 3.72 Å². The molecule has 0 aliphatic heterocycles. The quantitative estimate of drug-likeness (QED) is 0.416. The van der Waals surface area contributed by atoms with Crippen LogP contribution in [0.1, 0.15) is 0 Å². The van der Waals surface area contributed by atoms with E-state index in [1.807, 2.05) is 22.6 Å². The monoisotopic (exact) mass is 348 g/mol. The molecule has 0 fully saturated rings. The Hall–Kier alpha value is 0.540. The van der Waals surface area contributed by atoms with Crippen molar-refractivity contribution in [3.63, 3.8) is 0 Å². The Morgan fingerprint density at radius 3 is 2.44 bits per heavy atom. The first-order chi connectivity index (χ1) is 4.16. The van der Waals surface area contributed by atoms with Gasteiger partial charge in [-0.25, -0.2) is 4.99 Å². The molecule has 0 saturated carbocycles. The second-order valence-corrected chi connectivity index (χ2v) is 3.55. The highest BCUT2D eigenvalue weighted by Crippen LogP contribution is 2.04. The molecule has 0 aliphatic rings. The molecule has 0 heterocycles. The molecule has 0 unspecified atom stereocenters. The zero-order chi connectivity index (χ0) is 7.28. The molecule has 0 aromatic carbocycles. The van der Waals surface area contributed by atoms with Gasteiger partial charge in [-0.1, -0.05) is 6.58 Å². The van der Waals surface area contributed by atoms with Crippen molar-refractivity contribution < 1.29 is 0 Å². The molecule has 0 spiro atoms. The second-order valence-electron chi connectivity index (χ2n) is 1.20. The molecular formula is C5H6I2N2. The maximum absolute atomic E-state index is 4.01. The summed E-state index contributed by atoms with van der Waals surface area (Å²) in [6.07, 6.45) is 1.68. The summed E-state index contributed by atoms with van der Waals surface area (Å²) in [4.78, 5) is 7.79. The molecule has 0 radical (unpaired) electrons. The maximum atomic E-state index is 4.01. The van der Waals surface area contributed by atoms with Gasteiger partial charge in [-0.3, -0.25) is 4.99 Å². The third kappa shape index (κ3) is 6.42. The molecule has 0 amide bonds. The van der Waals surface area contributed by atoms with E-state index in [4.69, 9.17) is 0 Å². The number of aliphatic imine (C=N–C) groups is 2. The predicted molar refractivity (Wildman–Crippen MR) is 59.0 cm³/mol. The number of rotatable bonds is 2. The lowest BCUT2D eigenvalue weighted by Crippen LogP contribution is -1.85. The fraction of sp³-hybridized carbons (Fsp3) is 0.200. The van der Waals surface area contributed by atoms with Gasteiger partial charge in [0.2, 0.25) is 0 Å². The SMILES string of the molecule is C=C(I)N=C(I)C=NC. The average Bonchev–Trinajstić information content (AvgIpc) is 1.63. The van der Waals surface area contributed by atoms with Gasteiger partial charge in [-0.15, -0.1) is 0 Å². The van der Waals surface area contributed by atoms with Crippen LogP contribution in [0, 0.1) is 0 Å². The summed E-state index contributed by atoms with van der Waals surface area (Å²) >= 11 is 4.14. The van der Waals surface area contributed by atoms with Crippen LogP contribution in [0.5, 0.6) is 0 Å². The Labute approximate surface area is 81.8 Å². The van der Waals surface area contributed by atoms with E-state index in [1.54, 1.807) is 13.3 Å². The fourth-order valence-electron chi connectivity index (χ4n) is 0.251. The van der Waals surface area contributed by atoms with Crippen LogP contribution in [-0.2, 0) is 0 Å². The number of nitrogens with zero attached hydrogens (tertiary/aromatic N) is 2. The van der Waals surface area contributed by atoms with E-state index < -0.39 is 0 Å². The fourth-order valence-corrected chi connectivity index (χ4v) is 1.54. The van der Waals surface area contributed by atoms with Crippen LogP contribution in [-0.4, -0.2) is 17.0 Å². The van der Waals surface area contributed by atoms with E-state index >= 15 is 0 Å². The Morgan fingerprint density at radius 2 is 2.11 bits per heavy atom. The summed E-state index contributed by atoms with van der Waals surface area (Å²) in [6, 6.07) is 0. The smallest absolute Gasteiger partial charge is 0.120 e. The predicted octanol–water partition coefficient (Wildman–Crippen LogP) is 2.43. The van der Waals surface area contributed by atoms with Crippen molar-refractivity contribution in [1.29, 1.82) is 0 Å². The molecule has 9 heavy (non-hydrogen) atoms. The van der Waals surface area contributed by atoms with Gasteiger partial charge in [0, 0.05) is 7.05 Å². The lowest BCUT2D eigenvalue weighted by molar-refractivity contribution is 1.48. The standard InChI is InChI=1S/C5H6I2N2/c1-4(6)9-5(7)3-8-2/h3H,1H2,2H3. The zero-order valence-corrected chi connectivity index (χ0v) is 9.25. The molecule has 2 nitrogen and oxygen atoms in total. The first-order valence-electron chi connectivity index (χ1n) is 2.17. The van der Waals surface area contributed by atoms with Gasteiger partial charge in [0.15, 0.2) is 0 Å². The van der Waals surface area contributed by atoms with Crippen molar-refractivity contribution >= 4 is 55.1 Å². The van der Waals surface area contributed by atoms with E-state index in [0.29, 0.717) is 0 Å². The van der Waals surface area contributed by atoms with Crippen LogP contribution in [0.25, 0.3) is 0 Å². The number of halogens is 2. The van der Waals surface area contributed by atoms with Gasteiger partial charge in [0.05, 0.1) is 9.92 Å². The summed E-state index contributed by atoms with van der Waals surface area (Å²) in [5.74, 6) is 0. The molecule has 0 rings (SSSR count). The van der Waals surface area contributed by atoms with Gasteiger partial charge in [0.25, 0.3) is 0 Å². The Kier molecular flexibility index (Phi) is 5.65. The van der Waals surface area contributed by atoms with E-state index in [0.717, 1.165) is 7.42 Å². The first-order valence-corrected chi connectivity index (χ1v) is 4.33. The normalized spacial score (nSPS) is 12.6. The molecule has 4 heteroatoms. The molecule has 0 bridgehead atoms. The van der Waals surface area contributed by atoms with Crippen LogP contribution in [0.15, 0.2) is 20.3 Å². The minimum Gasteiger partial charge on any atom is -0.294 e. The first kappa shape index (κ1) is 9.54. The van der Waals surface area contributed by atoms with Crippen LogP contribution in [0.3, 0.4) is 0 Å². The summed E-state index contributed by atoms with van der Waals surface area (Å²) < 4.78 is 1.63. The zero-order valence-electron chi connectivity index (χ0n) is 4.93. The summed E-state index contributed by atoms with van der Waals surface area (Å²) in [7, 11) is 1.71.